The van der Waals surface area contributed by atoms with Crippen molar-refractivity contribution >= 4 is 17.7 Å². The van der Waals surface area contributed by atoms with E-state index < -0.39 is 42.0 Å². The van der Waals surface area contributed by atoms with E-state index in [1.807, 2.05) is 0 Å². The number of aliphatic hydroxyl groups excluding tert-OH is 1. The first kappa shape index (κ1) is 17.3. The zero-order chi connectivity index (χ0) is 18.1. The van der Waals surface area contributed by atoms with E-state index in [1.165, 1.54) is 6.07 Å². The zero-order valence-electron chi connectivity index (χ0n) is 12.4. The van der Waals surface area contributed by atoms with Crippen LogP contribution in [0.4, 0.5) is 0 Å². The lowest BCUT2D eigenvalue weighted by molar-refractivity contribution is -0.156. The Morgan fingerprint density at radius 1 is 1.33 bits per heavy atom. The molecule has 0 fully saturated rings. The summed E-state index contributed by atoms with van der Waals surface area (Å²) in [7, 11) is 0. The van der Waals surface area contributed by atoms with Gasteiger partial charge in [0.1, 0.15) is 17.3 Å². The summed E-state index contributed by atoms with van der Waals surface area (Å²) in [6, 6.07) is 2.24. The lowest BCUT2D eigenvalue weighted by Gasteiger charge is -2.33. The van der Waals surface area contributed by atoms with Crippen LogP contribution in [0.25, 0.3) is 0 Å². The van der Waals surface area contributed by atoms with Crippen LogP contribution in [0.15, 0.2) is 24.0 Å². The number of amides is 1. The fourth-order valence-electron chi connectivity index (χ4n) is 2.53. The fourth-order valence-corrected chi connectivity index (χ4v) is 2.53. The third-order valence-corrected chi connectivity index (χ3v) is 3.30. The molecule has 6 N–H and O–H groups in total. The van der Waals surface area contributed by atoms with E-state index in [0.717, 1.165) is 6.07 Å². The van der Waals surface area contributed by atoms with E-state index >= 15 is 0 Å². The molecule has 0 aliphatic carbocycles. The van der Waals surface area contributed by atoms with Crippen LogP contribution in [-0.2, 0) is 16.0 Å². The number of aliphatic carboxylic acids is 1. The highest BCUT2D eigenvalue weighted by atomic mass is 16.6. The Morgan fingerprint density at radius 2 is 2.00 bits per heavy atom. The van der Waals surface area contributed by atoms with Crippen LogP contribution < -0.4 is 10.5 Å². The van der Waals surface area contributed by atoms with Gasteiger partial charge in [0, 0.05) is 12.5 Å². The molecule has 1 heterocycles. The van der Waals surface area contributed by atoms with Gasteiger partial charge in [-0.05, 0) is 11.6 Å². The second-order valence-electron chi connectivity index (χ2n) is 5.42. The van der Waals surface area contributed by atoms with Gasteiger partial charge in [-0.3, -0.25) is 9.59 Å². The van der Waals surface area contributed by atoms with Crippen molar-refractivity contribution in [3.63, 3.8) is 0 Å². The van der Waals surface area contributed by atoms with Gasteiger partial charge in [0.2, 0.25) is 11.7 Å². The zero-order valence-corrected chi connectivity index (χ0v) is 12.4. The van der Waals surface area contributed by atoms with Crippen molar-refractivity contribution in [3.05, 3.63) is 35.1 Å². The van der Waals surface area contributed by atoms with Crippen LogP contribution in [-0.4, -0.2) is 43.9 Å². The molecule has 9 heteroatoms. The van der Waals surface area contributed by atoms with Crippen molar-refractivity contribution < 1.29 is 39.5 Å². The summed E-state index contributed by atoms with van der Waals surface area (Å²) in [5.74, 6) is -6.04. The highest BCUT2D eigenvalue weighted by molar-refractivity contribution is 6.02. The number of carboxylic acid groups (broad SMARTS) is 1. The van der Waals surface area contributed by atoms with Gasteiger partial charge >= 0.3 is 5.97 Å². The van der Waals surface area contributed by atoms with Crippen LogP contribution >= 0.6 is 0 Å². The summed E-state index contributed by atoms with van der Waals surface area (Å²) in [5.41, 5.74) is 5.11. The summed E-state index contributed by atoms with van der Waals surface area (Å²) >= 11 is 0. The first-order valence-corrected chi connectivity index (χ1v) is 6.81. The van der Waals surface area contributed by atoms with Crippen molar-refractivity contribution in [1.82, 2.24) is 0 Å². The number of nitrogens with two attached hydrogens (primary N) is 1. The number of aliphatic hydroxyl groups is 2. The number of rotatable bonds is 5. The summed E-state index contributed by atoms with van der Waals surface area (Å²) in [4.78, 5) is 33.9. The number of phenols is 1. The first-order valence-electron chi connectivity index (χ1n) is 6.81. The molecule has 1 aliphatic rings. The van der Waals surface area contributed by atoms with Crippen molar-refractivity contribution in [1.29, 1.82) is 0 Å². The minimum Gasteiger partial charge on any atom is -0.512 e. The topological polar surface area (TPSA) is 167 Å². The summed E-state index contributed by atoms with van der Waals surface area (Å²) in [5, 5.41) is 38.1. The Hall–Kier alpha value is -3.07. The standard InChI is InChI=1S/C15H15NO8/c16-12(20)6-15(23)5-10(19)14-7(2-9(18)4-13(21)22)1-8(17)3-11(14)24-15/h1,3-4,17-18,23H,2,5-6H2,(H2,16,20)(H,21,22). The highest BCUT2D eigenvalue weighted by Gasteiger charge is 2.41. The number of benzene rings is 1. The third kappa shape index (κ3) is 3.82. The van der Waals surface area contributed by atoms with Crippen molar-refractivity contribution in [2.24, 2.45) is 5.73 Å². The molecule has 1 aromatic rings. The Bertz CT molecular complexity index is 754. The summed E-state index contributed by atoms with van der Waals surface area (Å²) in [6.07, 6.45) is -0.960. The number of carbonyl (C=O) groups is 3. The molecule has 1 amide bonds. The van der Waals surface area contributed by atoms with Crippen molar-refractivity contribution in [2.45, 2.75) is 25.0 Å². The molecule has 0 saturated heterocycles. The number of phenolic OH excluding ortho intramolecular Hbond substituents is 1. The van der Waals surface area contributed by atoms with E-state index in [0.29, 0.717) is 6.08 Å². The molecule has 128 valence electrons. The molecule has 1 aromatic carbocycles. The highest BCUT2D eigenvalue weighted by Crippen LogP contribution is 2.38. The second kappa shape index (κ2) is 6.20. The monoisotopic (exact) mass is 337 g/mol. The average molecular weight is 337 g/mol. The van der Waals surface area contributed by atoms with Crippen LogP contribution in [0.1, 0.15) is 28.8 Å². The lowest BCUT2D eigenvalue weighted by Crippen LogP contribution is -2.45. The molecular weight excluding hydrogens is 322 g/mol. The minimum absolute atomic E-state index is 0.0210. The predicted octanol–water partition coefficient (Wildman–Crippen LogP) is -0.00960. The fraction of sp³-hybridized carbons (Fsp3) is 0.267. The molecule has 2 rings (SSSR count). The van der Waals surface area contributed by atoms with E-state index in [9.17, 15) is 29.7 Å². The number of carboxylic acids is 1. The molecule has 0 spiro atoms. The second-order valence-corrected chi connectivity index (χ2v) is 5.42. The van der Waals surface area contributed by atoms with Crippen LogP contribution in [0.5, 0.6) is 11.5 Å². The van der Waals surface area contributed by atoms with E-state index in [-0.39, 0.29) is 29.0 Å². The van der Waals surface area contributed by atoms with Crippen LogP contribution in [0.2, 0.25) is 0 Å². The van der Waals surface area contributed by atoms with Gasteiger partial charge < -0.3 is 30.9 Å². The Kier molecular flexibility index (Phi) is 4.47. The molecule has 1 aliphatic heterocycles. The smallest absolute Gasteiger partial charge is 0.331 e. The molecule has 24 heavy (non-hydrogen) atoms. The number of aromatic hydroxyl groups is 1. The van der Waals surface area contributed by atoms with Crippen LogP contribution in [0, 0.1) is 0 Å². The number of allylic oxidation sites excluding steroid dienone is 1. The Labute approximate surface area is 135 Å². The molecule has 0 bridgehead atoms. The maximum Gasteiger partial charge on any atom is 0.331 e. The van der Waals surface area contributed by atoms with E-state index in [2.05, 4.69) is 0 Å². The first-order chi connectivity index (χ1) is 11.1. The Morgan fingerprint density at radius 3 is 2.58 bits per heavy atom. The molecule has 1 atom stereocenters. The maximum atomic E-state index is 12.3. The normalized spacial score (nSPS) is 20.2. The molecule has 9 nitrogen and oxygen atoms in total. The van der Waals surface area contributed by atoms with E-state index in [1.54, 1.807) is 0 Å². The van der Waals surface area contributed by atoms with Gasteiger partial charge in [-0.15, -0.1) is 0 Å². The largest absolute Gasteiger partial charge is 0.512 e. The number of hydrogen-bond donors (Lipinski definition) is 5. The number of fused-ring (bicyclic) bond motifs is 1. The molecular formula is C15H15NO8. The quantitative estimate of drug-likeness (QED) is 0.369. The number of ether oxygens (including phenoxy) is 1. The van der Waals surface area contributed by atoms with Gasteiger partial charge in [0.25, 0.3) is 0 Å². The van der Waals surface area contributed by atoms with E-state index in [4.69, 9.17) is 15.6 Å². The number of ketones is 1. The predicted molar refractivity (Wildman–Crippen MR) is 78.5 cm³/mol. The van der Waals surface area contributed by atoms with Gasteiger partial charge in [0.05, 0.1) is 24.5 Å². The van der Waals surface area contributed by atoms with Gasteiger partial charge in [-0.25, -0.2) is 4.79 Å². The number of carbonyl (C=O) groups excluding carboxylic acids is 2. The summed E-state index contributed by atoms with van der Waals surface area (Å²) in [6.45, 7) is 0. The van der Waals surface area contributed by atoms with Gasteiger partial charge in [0.15, 0.2) is 5.78 Å². The molecule has 0 radical (unpaired) electrons. The maximum absolute atomic E-state index is 12.3. The number of Topliss-reactive ketones (excluding diaryl/α,β-unsaturated/α-hetero) is 1. The van der Waals surface area contributed by atoms with Gasteiger partial charge in [-0.1, -0.05) is 0 Å². The Balaban J connectivity index is 2.44. The molecule has 0 saturated carbocycles. The average Bonchev–Trinajstić information content (AvgIpc) is 2.33. The molecule has 0 aromatic heterocycles. The molecule has 1 unspecified atom stereocenters. The SMILES string of the molecule is NC(=O)CC1(O)CC(=O)c2c(CC(O)=CC(=O)O)cc(O)cc2O1. The minimum atomic E-state index is -2.13. The van der Waals surface area contributed by atoms with Crippen molar-refractivity contribution in [2.75, 3.05) is 0 Å². The van der Waals surface area contributed by atoms with Crippen LogP contribution in [0.3, 0.4) is 0 Å². The lowest BCUT2D eigenvalue weighted by atomic mass is 9.91. The summed E-state index contributed by atoms with van der Waals surface area (Å²) < 4.78 is 5.24. The number of hydrogen-bond acceptors (Lipinski definition) is 7. The third-order valence-electron chi connectivity index (χ3n) is 3.30. The van der Waals surface area contributed by atoms with Gasteiger partial charge in [-0.2, -0.15) is 0 Å². The number of primary amides is 1. The van der Waals surface area contributed by atoms with Crippen molar-refractivity contribution in [3.8, 4) is 11.5 Å².